The van der Waals surface area contributed by atoms with Crippen molar-refractivity contribution < 1.29 is 14.3 Å². The van der Waals surface area contributed by atoms with Crippen molar-refractivity contribution in [2.75, 3.05) is 38.2 Å². The van der Waals surface area contributed by atoms with Crippen molar-refractivity contribution in [1.29, 1.82) is 0 Å². The van der Waals surface area contributed by atoms with E-state index in [1.165, 1.54) is 23.8 Å². The van der Waals surface area contributed by atoms with Crippen molar-refractivity contribution in [3.63, 3.8) is 0 Å². The number of nitrogens with one attached hydrogen (secondary N) is 1. The number of aromatic nitrogens is 3. The molecule has 4 aromatic rings. The molecule has 2 aromatic heterocycles. The number of methoxy groups -OCH3 is 1. The minimum atomic E-state index is -0.501. The molecule has 1 saturated heterocycles. The second-order valence-corrected chi connectivity index (χ2v) is 8.72. The van der Waals surface area contributed by atoms with Gasteiger partial charge >= 0.3 is 5.97 Å². The summed E-state index contributed by atoms with van der Waals surface area (Å²) in [5.41, 5.74) is 1.51. The minimum absolute atomic E-state index is 0.0615. The molecule has 36 heavy (non-hydrogen) atoms. The molecule has 0 atom stereocenters. The minimum Gasteiger partial charge on any atom is -0.465 e. The zero-order valence-corrected chi connectivity index (χ0v) is 20.3. The van der Waals surface area contributed by atoms with Gasteiger partial charge in [0.25, 0.3) is 11.5 Å². The Hall–Kier alpha value is -4.31. The average molecular weight is 502 g/mol. The Morgan fingerprint density at radius 2 is 1.69 bits per heavy atom. The Morgan fingerprint density at radius 1 is 0.972 bits per heavy atom. The summed E-state index contributed by atoms with van der Waals surface area (Å²) in [5.74, 6) is 0.347. The Balaban J connectivity index is 1.35. The van der Waals surface area contributed by atoms with Crippen LogP contribution in [0.2, 0.25) is 0 Å². The van der Waals surface area contributed by atoms with Crippen LogP contribution < -0.4 is 10.5 Å². The van der Waals surface area contributed by atoms with Gasteiger partial charge in [0.1, 0.15) is 5.82 Å². The third kappa shape index (κ3) is 4.38. The van der Waals surface area contributed by atoms with Gasteiger partial charge in [0.05, 0.1) is 29.3 Å². The lowest BCUT2D eigenvalue weighted by molar-refractivity contribution is 0.0600. The van der Waals surface area contributed by atoms with Gasteiger partial charge in [-0.3, -0.25) is 14.2 Å². The normalized spacial score (nSPS) is 13.6. The fourth-order valence-electron chi connectivity index (χ4n) is 4.31. The van der Waals surface area contributed by atoms with E-state index in [0.717, 1.165) is 5.82 Å². The van der Waals surface area contributed by atoms with Crippen LogP contribution >= 0.6 is 12.2 Å². The van der Waals surface area contributed by atoms with E-state index in [-0.39, 0.29) is 16.2 Å². The number of anilines is 1. The van der Waals surface area contributed by atoms with Gasteiger partial charge in [0, 0.05) is 37.9 Å². The van der Waals surface area contributed by atoms with Crippen LogP contribution in [0, 0.1) is 4.77 Å². The van der Waals surface area contributed by atoms with Gasteiger partial charge in [-0.15, -0.1) is 0 Å². The highest BCUT2D eigenvalue weighted by Gasteiger charge is 2.23. The van der Waals surface area contributed by atoms with E-state index in [1.807, 2.05) is 23.1 Å². The number of fused-ring (bicyclic) bond motifs is 1. The molecule has 1 fully saturated rings. The van der Waals surface area contributed by atoms with Crippen LogP contribution in [0.4, 0.5) is 5.82 Å². The molecule has 9 nitrogen and oxygen atoms in total. The molecule has 0 aliphatic carbocycles. The molecule has 1 aliphatic heterocycles. The smallest absolute Gasteiger partial charge is 0.337 e. The number of benzene rings is 2. The van der Waals surface area contributed by atoms with Crippen LogP contribution in [0.1, 0.15) is 20.7 Å². The van der Waals surface area contributed by atoms with Crippen LogP contribution in [0.5, 0.6) is 0 Å². The maximum absolute atomic E-state index is 13.2. The largest absolute Gasteiger partial charge is 0.465 e. The number of carbonyl (C=O) groups is 2. The summed E-state index contributed by atoms with van der Waals surface area (Å²) in [6.07, 6.45) is 1.76. The Bertz CT molecular complexity index is 1560. The molecular formula is C26H23N5O4S. The van der Waals surface area contributed by atoms with E-state index in [9.17, 15) is 14.4 Å². The first-order chi connectivity index (χ1) is 17.5. The fraction of sp³-hybridized carbons (Fsp3) is 0.192. The first-order valence-corrected chi connectivity index (χ1v) is 11.8. The van der Waals surface area contributed by atoms with E-state index in [4.69, 9.17) is 17.0 Å². The van der Waals surface area contributed by atoms with Gasteiger partial charge in [-0.05, 0) is 66.8 Å². The van der Waals surface area contributed by atoms with Crippen molar-refractivity contribution in [2.24, 2.45) is 0 Å². The van der Waals surface area contributed by atoms with Crippen molar-refractivity contribution in [3.05, 3.63) is 93.1 Å². The lowest BCUT2D eigenvalue weighted by Crippen LogP contribution is -2.49. The molecule has 2 aromatic carbocycles. The number of nitrogens with zero attached hydrogens (tertiary/aromatic N) is 4. The monoisotopic (exact) mass is 501 g/mol. The zero-order valence-electron chi connectivity index (χ0n) is 19.5. The number of ether oxygens (including phenoxy) is 1. The maximum Gasteiger partial charge on any atom is 0.337 e. The Kier molecular flexibility index (Phi) is 6.34. The van der Waals surface area contributed by atoms with Crippen LogP contribution in [-0.4, -0.2) is 64.6 Å². The number of esters is 1. The van der Waals surface area contributed by atoms with Crippen LogP contribution in [0.3, 0.4) is 0 Å². The molecule has 5 rings (SSSR count). The first kappa shape index (κ1) is 23.4. The quantitative estimate of drug-likeness (QED) is 0.339. The fourth-order valence-corrected chi connectivity index (χ4v) is 4.61. The summed E-state index contributed by atoms with van der Waals surface area (Å²) in [4.78, 5) is 49.4. The van der Waals surface area contributed by atoms with Crippen molar-refractivity contribution in [2.45, 2.75) is 0 Å². The number of aromatic amines is 1. The van der Waals surface area contributed by atoms with Crippen LogP contribution in [0.15, 0.2) is 71.7 Å². The number of rotatable bonds is 4. The molecule has 0 radical (unpaired) electrons. The molecule has 1 N–H and O–H groups in total. The average Bonchev–Trinajstić information content (AvgIpc) is 2.93. The number of pyridine rings is 1. The third-order valence-electron chi connectivity index (χ3n) is 6.23. The molecule has 0 spiro atoms. The number of carbonyl (C=O) groups excluding carboxylic acids is 2. The highest BCUT2D eigenvalue weighted by Crippen LogP contribution is 2.17. The van der Waals surface area contributed by atoms with E-state index in [2.05, 4.69) is 14.9 Å². The Labute approximate surface area is 211 Å². The van der Waals surface area contributed by atoms with Crippen molar-refractivity contribution in [1.82, 2.24) is 19.4 Å². The van der Waals surface area contributed by atoms with E-state index >= 15 is 0 Å². The first-order valence-electron chi connectivity index (χ1n) is 11.4. The van der Waals surface area contributed by atoms with Gasteiger partial charge in [-0.25, -0.2) is 9.78 Å². The summed E-state index contributed by atoms with van der Waals surface area (Å²) >= 11 is 5.43. The molecule has 1 amide bonds. The van der Waals surface area contributed by atoms with Gasteiger partial charge in [0.2, 0.25) is 0 Å². The summed E-state index contributed by atoms with van der Waals surface area (Å²) in [6, 6.07) is 17.3. The summed E-state index contributed by atoms with van der Waals surface area (Å²) in [7, 11) is 1.29. The number of hydrogen-bond acceptors (Lipinski definition) is 7. The lowest BCUT2D eigenvalue weighted by Gasteiger charge is -2.35. The summed E-state index contributed by atoms with van der Waals surface area (Å²) in [6.45, 7) is 2.61. The maximum atomic E-state index is 13.2. The number of hydrogen-bond donors (Lipinski definition) is 1. The Morgan fingerprint density at radius 3 is 2.36 bits per heavy atom. The summed E-state index contributed by atoms with van der Waals surface area (Å²) < 4.78 is 6.29. The second kappa shape index (κ2) is 9.74. The highest BCUT2D eigenvalue weighted by molar-refractivity contribution is 7.71. The van der Waals surface area contributed by atoms with E-state index in [0.29, 0.717) is 53.9 Å². The molecule has 0 saturated carbocycles. The van der Waals surface area contributed by atoms with E-state index in [1.54, 1.807) is 36.5 Å². The van der Waals surface area contributed by atoms with Gasteiger partial charge in [-0.2, -0.15) is 0 Å². The number of piperazine rings is 1. The summed E-state index contributed by atoms with van der Waals surface area (Å²) in [5, 5.41) is 0.377. The van der Waals surface area contributed by atoms with Crippen molar-refractivity contribution in [3.8, 4) is 5.69 Å². The molecule has 0 unspecified atom stereocenters. The third-order valence-corrected chi connectivity index (χ3v) is 6.52. The van der Waals surface area contributed by atoms with Gasteiger partial charge in [0.15, 0.2) is 4.77 Å². The molecule has 1 aliphatic rings. The lowest BCUT2D eigenvalue weighted by atomic mass is 10.1. The standard InChI is InChI=1S/C26H23N5O4S/c1-35-25(34)18-7-10-20-21(16-18)28-26(36)31(24(20)33)19-8-5-17(6-9-19)23(32)30-14-12-29(13-15-30)22-4-2-3-11-27-22/h2-11,16H,12-15H2,1H3,(H,28,36). The molecule has 3 heterocycles. The SMILES string of the molecule is COC(=O)c1ccc2c(=O)n(-c3ccc(C(=O)N4CCN(c5ccccn5)CC4)cc3)c(=S)[nH]c2c1. The predicted octanol–water partition coefficient (Wildman–Crippen LogP) is 3.19. The van der Waals surface area contributed by atoms with E-state index < -0.39 is 5.97 Å². The van der Waals surface area contributed by atoms with Gasteiger partial charge in [-0.1, -0.05) is 6.07 Å². The molecule has 0 bridgehead atoms. The predicted molar refractivity (Wildman–Crippen MR) is 138 cm³/mol. The number of H-pyrrole nitrogens is 1. The number of amides is 1. The molecule has 182 valence electrons. The van der Waals surface area contributed by atoms with Crippen LogP contribution in [-0.2, 0) is 4.74 Å². The van der Waals surface area contributed by atoms with Crippen LogP contribution in [0.25, 0.3) is 16.6 Å². The zero-order chi connectivity index (χ0) is 25.2. The highest BCUT2D eigenvalue weighted by atomic mass is 32.1. The van der Waals surface area contributed by atoms with Gasteiger partial charge < -0.3 is 19.5 Å². The molecule has 10 heteroatoms. The molecular weight excluding hydrogens is 478 g/mol. The topological polar surface area (TPSA) is 101 Å². The second-order valence-electron chi connectivity index (χ2n) is 8.34. The van der Waals surface area contributed by atoms with Crippen molar-refractivity contribution >= 4 is 40.8 Å².